The van der Waals surface area contributed by atoms with E-state index in [-0.39, 0.29) is 3.67 Å². The molecule has 0 fully saturated rings. The molecule has 1 atom stereocenters. The predicted octanol–water partition coefficient (Wildman–Crippen LogP) is 5.13. The molecule has 0 bridgehead atoms. The maximum atomic E-state index is 14.5. The molecule has 0 saturated heterocycles. The number of hydrogen-bond acceptors (Lipinski definition) is 3. The van der Waals surface area contributed by atoms with Gasteiger partial charge >= 0.3 is 192 Å². The summed E-state index contributed by atoms with van der Waals surface area (Å²) in [4.78, 5) is 0. The third-order valence-corrected chi connectivity index (χ3v) is 27.6. The van der Waals surface area contributed by atoms with Crippen LogP contribution in [0.15, 0.2) is 91.0 Å². The summed E-state index contributed by atoms with van der Waals surface area (Å²) in [5, 5.41) is 0. The minimum absolute atomic E-state index is 0.168. The van der Waals surface area contributed by atoms with Gasteiger partial charge in [-0.3, -0.25) is 0 Å². The molecule has 5 heteroatoms. The second kappa shape index (κ2) is 11.5. The van der Waals surface area contributed by atoms with Crippen molar-refractivity contribution in [2.75, 3.05) is 13.2 Å². The van der Waals surface area contributed by atoms with Gasteiger partial charge in [0.15, 0.2) is 0 Å². The zero-order valence-electron chi connectivity index (χ0n) is 18.7. The SMILES string of the molecule is CCC[CH](P(=O)(OCC)OCC)[Sn]([c]1ccccc1)([c]1ccccc1)[c]1ccccc1. The van der Waals surface area contributed by atoms with Gasteiger partial charge in [0, 0.05) is 0 Å². The van der Waals surface area contributed by atoms with Crippen molar-refractivity contribution in [3.05, 3.63) is 91.0 Å². The van der Waals surface area contributed by atoms with Gasteiger partial charge in [0.05, 0.1) is 0 Å². The molecule has 1 unspecified atom stereocenters. The molecule has 0 amide bonds. The molecule has 3 rings (SSSR count). The van der Waals surface area contributed by atoms with Crippen LogP contribution in [-0.4, -0.2) is 35.3 Å². The first kappa shape index (κ1) is 24.3. The van der Waals surface area contributed by atoms with Gasteiger partial charge in [-0.1, -0.05) is 0 Å². The van der Waals surface area contributed by atoms with Gasteiger partial charge in [0.1, 0.15) is 0 Å². The van der Waals surface area contributed by atoms with Crippen LogP contribution in [0.5, 0.6) is 0 Å². The Bertz CT molecular complexity index is 857. The molecule has 0 aromatic heterocycles. The Morgan fingerprint density at radius 3 is 1.32 bits per heavy atom. The first-order valence-electron chi connectivity index (χ1n) is 11.2. The molecule has 3 aromatic carbocycles. The molecule has 0 radical (unpaired) electrons. The second-order valence-corrected chi connectivity index (χ2v) is 22.7. The molecule has 0 N–H and O–H groups in total. The van der Waals surface area contributed by atoms with E-state index in [2.05, 4.69) is 97.9 Å². The molecular formula is C26H33O3PSn. The van der Waals surface area contributed by atoms with Crippen LogP contribution in [0.4, 0.5) is 0 Å². The van der Waals surface area contributed by atoms with Crippen LogP contribution < -0.4 is 10.7 Å². The quantitative estimate of drug-likeness (QED) is 0.249. The average molecular weight is 543 g/mol. The summed E-state index contributed by atoms with van der Waals surface area (Å²) in [6.45, 7) is 6.71. The fourth-order valence-electron chi connectivity index (χ4n) is 4.64. The van der Waals surface area contributed by atoms with Crippen LogP contribution in [0, 0.1) is 0 Å². The normalized spacial score (nSPS) is 13.1. The van der Waals surface area contributed by atoms with Gasteiger partial charge in [-0.2, -0.15) is 0 Å². The molecule has 0 aliphatic carbocycles. The number of rotatable bonds is 11. The van der Waals surface area contributed by atoms with Gasteiger partial charge in [0.2, 0.25) is 0 Å². The molecule has 3 aromatic rings. The fourth-order valence-corrected chi connectivity index (χ4v) is 29.5. The van der Waals surface area contributed by atoms with Crippen LogP contribution in [0.25, 0.3) is 0 Å². The summed E-state index contributed by atoms with van der Waals surface area (Å²) in [5.74, 6) is 0. The van der Waals surface area contributed by atoms with E-state index in [1.807, 2.05) is 13.8 Å². The molecular weight excluding hydrogens is 510 g/mol. The molecule has 0 heterocycles. The summed E-state index contributed by atoms with van der Waals surface area (Å²) in [7, 11) is -3.37. The van der Waals surface area contributed by atoms with Gasteiger partial charge in [-0.25, -0.2) is 0 Å². The summed E-state index contributed by atoms with van der Waals surface area (Å²) in [6.07, 6.45) is 1.71. The van der Waals surface area contributed by atoms with Gasteiger partial charge < -0.3 is 0 Å². The van der Waals surface area contributed by atoms with Crippen molar-refractivity contribution >= 4 is 36.7 Å². The molecule has 31 heavy (non-hydrogen) atoms. The monoisotopic (exact) mass is 544 g/mol. The van der Waals surface area contributed by atoms with Gasteiger partial charge in [0.25, 0.3) is 0 Å². The Labute approximate surface area is 191 Å². The van der Waals surface area contributed by atoms with Crippen LogP contribution in [-0.2, 0) is 13.6 Å². The van der Waals surface area contributed by atoms with Crippen molar-refractivity contribution in [2.24, 2.45) is 0 Å². The zero-order valence-corrected chi connectivity index (χ0v) is 22.5. The summed E-state index contributed by atoms with van der Waals surface area (Å²) >= 11 is -3.88. The third kappa shape index (κ3) is 5.01. The molecule has 0 spiro atoms. The van der Waals surface area contributed by atoms with Crippen molar-refractivity contribution in [3.8, 4) is 0 Å². The Morgan fingerprint density at radius 2 is 1.03 bits per heavy atom. The average Bonchev–Trinajstić information content (AvgIpc) is 2.81. The van der Waals surface area contributed by atoms with E-state index < -0.39 is 26.0 Å². The molecule has 0 aliphatic rings. The number of hydrogen-bond donors (Lipinski definition) is 0. The van der Waals surface area contributed by atoms with Crippen molar-refractivity contribution in [1.82, 2.24) is 0 Å². The Hall–Kier alpha value is -1.39. The first-order chi connectivity index (χ1) is 15.1. The predicted molar refractivity (Wildman–Crippen MR) is 134 cm³/mol. The summed E-state index contributed by atoms with van der Waals surface area (Å²) in [5.41, 5.74) is 0. The van der Waals surface area contributed by atoms with Crippen LogP contribution in [0.1, 0.15) is 33.6 Å². The van der Waals surface area contributed by atoms with Gasteiger partial charge in [-0.15, -0.1) is 0 Å². The van der Waals surface area contributed by atoms with E-state index in [0.717, 1.165) is 12.8 Å². The Morgan fingerprint density at radius 1 is 0.677 bits per heavy atom. The molecule has 164 valence electrons. The van der Waals surface area contributed by atoms with E-state index in [4.69, 9.17) is 9.05 Å². The van der Waals surface area contributed by atoms with Crippen LogP contribution in [0.3, 0.4) is 0 Å². The van der Waals surface area contributed by atoms with E-state index >= 15 is 0 Å². The molecule has 3 nitrogen and oxygen atoms in total. The zero-order chi connectivity index (χ0) is 22.2. The van der Waals surface area contributed by atoms with E-state index in [1.165, 1.54) is 10.7 Å². The topological polar surface area (TPSA) is 35.5 Å². The summed E-state index contributed by atoms with van der Waals surface area (Å²) in [6, 6.07) is 32.1. The van der Waals surface area contributed by atoms with Crippen molar-refractivity contribution in [1.29, 1.82) is 0 Å². The van der Waals surface area contributed by atoms with Crippen molar-refractivity contribution < 1.29 is 13.6 Å². The third-order valence-electron chi connectivity index (χ3n) is 5.75. The van der Waals surface area contributed by atoms with Crippen molar-refractivity contribution in [2.45, 2.75) is 37.3 Å². The minimum atomic E-state index is -3.88. The molecule has 0 aliphatic heterocycles. The number of benzene rings is 3. The fraction of sp³-hybridized carbons (Fsp3) is 0.308. The summed E-state index contributed by atoms with van der Waals surface area (Å²) < 4.78 is 30.3. The van der Waals surface area contributed by atoms with E-state index in [1.54, 1.807) is 0 Å². The van der Waals surface area contributed by atoms with E-state index in [9.17, 15) is 4.57 Å². The van der Waals surface area contributed by atoms with Crippen LogP contribution >= 0.6 is 7.60 Å². The first-order valence-corrected chi connectivity index (χ1v) is 18.7. The molecule has 0 saturated carbocycles. The Balaban J connectivity index is 2.44. The van der Waals surface area contributed by atoms with E-state index in [0.29, 0.717) is 13.2 Å². The van der Waals surface area contributed by atoms with Crippen molar-refractivity contribution in [3.63, 3.8) is 0 Å². The Kier molecular flexibility index (Phi) is 8.97. The van der Waals surface area contributed by atoms with Crippen LogP contribution in [0.2, 0.25) is 0 Å². The second-order valence-electron chi connectivity index (χ2n) is 7.59. The maximum absolute atomic E-state index is 14.5. The standard InChI is InChI=1S/C8H18O3P.3C6H5.Sn/c1-4-7-8-12(9,10-5-2)11-6-3;3*1-2-4-6-5-3-1;/h8H,4-7H2,1-3H3;3*1-5H;. The van der Waals surface area contributed by atoms with Gasteiger partial charge in [-0.05, 0) is 0 Å².